The van der Waals surface area contributed by atoms with Crippen molar-refractivity contribution in [1.29, 1.82) is 0 Å². The standard InChI is InChI=1S/C9H16N4O2S/c1-3-11-6(14)5-12-9-7(15-4-2)8(10)13-16-9/h12H,3-5H2,1-2H3,(H2,10,13)(H,11,14). The maximum atomic E-state index is 11.2. The van der Waals surface area contributed by atoms with Crippen LogP contribution >= 0.6 is 11.5 Å². The third-order valence-electron chi connectivity index (χ3n) is 1.75. The summed E-state index contributed by atoms with van der Waals surface area (Å²) in [6.45, 7) is 5.05. The second-order valence-electron chi connectivity index (χ2n) is 2.97. The summed E-state index contributed by atoms with van der Waals surface area (Å²) < 4.78 is 9.29. The van der Waals surface area contributed by atoms with E-state index in [0.29, 0.717) is 29.7 Å². The van der Waals surface area contributed by atoms with Gasteiger partial charge in [0.2, 0.25) is 5.91 Å². The Morgan fingerprint density at radius 3 is 2.94 bits per heavy atom. The molecule has 90 valence electrons. The number of ether oxygens (including phenoxy) is 1. The molecule has 7 heteroatoms. The van der Waals surface area contributed by atoms with Gasteiger partial charge in [0.05, 0.1) is 13.2 Å². The lowest BCUT2D eigenvalue weighted by Crippen LogP contribution is -2.29. The van der Waals surface area contributed by atoms with Crippen LogP contribution in [0.1, 0.15) is 13.8 Å². The highest BCUT2D eigenvalue weighted by atomic mass is 32.1. The van der Waals surface area contributed by atoms with Gasteiger partial charge in [0.15, 0.2) is 16.6 Å². The number of nitrogens with zero attached hydrogens (tertiary/aromatic N) is 1. The average molecular weight is 244 g/mol. The van der Waals surface area contributed by atoms with Crippen LogP contribution in [0.2, 0.25) is 0 Å². The Labute approximate surface area is 98.3 Å². The van der Waals surface area contributed by atoms with Gasteiger partial charge in [-0.2, -0.15) is 4.37 Å². The van der Waals surface area contributed by atoms with E-state index in [4.69, 9.17) is 10.5 Å². The maximum absolute atomic E-state index is 11.2. The number of amides is 1. The van der Waals surface area contributed by atoms with Crippen LogP contribution in [0.4, 0.5) is 10.8 Å². The first-order valence-electron chi connectivity index (χ1n) is 5.07. The molecule has 4 N–H and O–H groups in total. The number of hydrogen-bond acceptors (Lipinski definition) is 6. The summed E-state index contributed by atoms with van der Waals surface area (Å²) in [5.41, 5.74) is 5.63. The third-order valence-corrected chi connectivity index (χ3v) is 2.55. The molecule has 1 rings (SSSR count). The van der Waals surface area contributed by atoms with Crippen molar-refractivity contribution in [3.8, 4) is 5.75 Å². The van der Waals surface area contributed by atoms with Gasteiger partial charge in [0.25, 0.3) is 0 Å². The minimum absolute atomic E-state index is 0.0723. The van der Waals surface area contributed by atoms with E-state index in [-0.39, 0.29) is 12.5 Å². The van der Waals surface area contributed by atoms with Gasteiger partial charge >= 0.3 is 0 Å². The molecule has 0 saturated heterocycles. The van der Waals surface area contributed by atoms with Crippen molar-refractivity contribution in [1.82, 2.24) is 9.69 Å². The van der Waals surface area contributed by atoms with Crippen molar-refractivity contribution in [3.05, 3.63) is 0 Å². The van der Waals surface area contributed by atoms with Crippen LogP contribution in [0.25, 0.3) is 0 Å². The zero-order valence-corrected chi connectivity index (χ0v) is 10.2. The zero-order chi connectivity index (χ0) is 12.0. The fraction of sp³-hybridized carbons (Fsp3) is 0.556. The van der Waals surface area contributed by atoms with Gasteiger partial charge in [-0.05, 0) is 25.4 Å². The molecule has 0 aliphatic heterocycles. The molecule has 0 saturated carbocycles. The van der Waals surface area contributed by atoms with Crippen molar-refractivity contribution in [2.24, 2.45) is 0 Å². The van der Waals surface area contributed by atoms with Crippen molar-refractivity contribution in [2.45, 2.75) is 13.8 Å². The van der Waals surface area contributed by atoms with Crippen LogP contribution in [-0.4, -0.2) is 30.0 Å². The van der Waals surface area contributed by atoms with E-state index in [1.807, 2.05) is 13.8 Å². The molecule has 0 aromatic carbocycles. The predicted molar refractivity (Wildman–Crippen MR) is 64.9 cm³/mol. The number of likely N-dealkylation sites (N-methyl/N-ethyl adjacent to an activating group) is 1. The lowest BCUT2D eigenvalue weighted by Gasteiger charge is -2.07. The van der Waals surface area contributed by atoms with Crippen molar-refractivity contribution < 1.29 is 9.53 Å². The first-order chi connectivity index (χ1) is 7.69. The summed E-state index contributed by atoms with van der Waals surface area (Å²) in [7, 11) is 0. The highest BCUT2D eigenvalue weighted by Crippen LogP contribution is 2.34. The second-order valence-corrected chi connectivity index (χ2v) is 3.74. The van der Waals surface area contributed by atoms with Gasteiger partial charge in [-0.25, -0.2) is 0 Å². The third kappa shape index (κ3) is 3.27. The lowest BCUT2D eigenvalue weighted by molar-refractivity contribution is -0.119. The molecular formula is C9H16N4O2S. The van der Waals surface area contributed by atoms with E-state index in [1.54, 1.807) is 0 Å². The Morgan fingerprint density at radius 2 is 2.31 bits per heavy atom. The van der Waals surface area contributed by atoms with Crippen LogP contribution < -0.4 is 21.1 Å². The molecule has 0 spiro atoms. The van der Waals surface area contributed by atoms with Gasteiger partial charge in [-0.15, -0.1) is 0 Å². The Bertz CT molecular complexity index is 353. The molecule has 1 amide bonds. The summed E-state index contributed by atoms with van der Waals surface area (Å²) in [4.78, 5) is 11.2. The summed E-state index contributed by atoms with van der Waals surface area (Å²) in [6.07, 6.45) is 0. The van der Waals surface area contributed by atoms with E-state index in [0.717, 1.165) is 0 Å². The molecule has 0 unspecified atom stereocenters. The maximum Gasteiger partial charge on any atom is 0.239 e. The number of hydrogen-bond donors (Lipinski definition) is 3. The van der Waals surface area contributed by atoms with Gasteiger partial charge in [0.1, 0.15) is 0 Å². The number of nitrogen functional groups attached to an aromatic ring is 1. The predicted octanol–water partition coefficient (Wildman–Crippen LogP) is 0.672. The van der Waals surface area contributed by atoms with Gasteiger partial charge in [-0.3, -0.25) is 4.79 Å². The first-order valence-corrected chi connectivity index (χ1v) is 5.84. The molecule has 0 bridgehead atoms. The minimum Gasteiger partial charge on any atom is -0.487 e. The van der Waals surface area contributed by atoms with Gasteiger partial charge < -0.3 is 21.1 Å². The van der Waals surface area contributed by atoms with Crippen molar-refractivity contribution in [3.63, 3.8) is 0 Å². The topological polar surface area (TPSA) is 89.3 Å². The molecular weight excluding hydrogens is 228 g/mol. The number of anilines is 2. The summed E-state index contributed by atoms with van der Waals surface area (Å²) >= 11 is 1.19. The number of nitrogens with two attached hydrogens (primary N) is 1. The molecule has 1 heterocycles. The van der Waals surface area contributed by atoms with Crippen molar-refractivity contribution in [2.75, 3.05) is 30.7 Å². The lowest BCUT2D eigenvalue weighted by atomic mass is 10.5. The Hall–Kier alpha value is -1.50. The van der Waals surface area contributed by atoms with Crippen LogP contribution in [0.15, 0.2) is 0 Å². The quantitative estimate of drug-likeness (QED) is 0.684. The smallest absolute Gasteiger partial charge is 0.239 e. The Balaban J connectivity index is 2.56. The van der Waals surface area contributed by atoms with Crippen LogP contribution in [0.3, 0.4) is 0 Å². The summed E-state index contributed by atoms with van der Waals surface area (Å²) in [6, 6.07) is 0. The number of carbonyl (C=O) groups excluding carboxylic acids is 1. The highest BCUT2D eigenvalue weighted by Gasteiger charge is 2.12. The largest absolute Gasteiger partial charge is 0.487 e. The van der Waals surface area contributed by atoms with Crippen molar-refractivity contribution >= 4 is 28.3 Å². The molecule has 0 atom stereocenters. The van der Waals surface area contributed by atoms with Crippen LogP contribution in [0.5, 0.6) is 5.75 Å². The van der Waals surface area contributed by atoms with E-state index in [1.165, 1.54) is 11.5 Å². The van der Waals surface area contributed by atoms with E-state index in [2.05, 4.69) is 15.0 Å². The highest BCUT2D eigenvalue weighted by molar-refractivity contribution is 7.11. The number of aromatic nitrogens is 1. The van der Waals surface area contributed by atoms with Crippen LogP contribution in [0, 0.1) is 0 Å². The Morgan fingerprint density at radius 1 is 1.56 bits per heavy atom. The van der Waals surface area contributed by atoms with Gasteiger partial charge in [-0.1, -0.05) is 0 Å². The molecule has 0 aliphatic rings. The molecule has 1 aromatic rings. The van der Waals surface area contributed by atoms with E-state index in [9.17, 15) is 4.79 Å². The zero-order valence-electron chi connectivity index (χ0n) is 9.37. The monoisotopic (exact) mass is 244 g/mol. The number of nitrogens with one attached hydrogen (secondary N) is 2. The summed E-state index contributed by atoms with van der Waals surface area (Å²) in [5.74, 6) is 0.805. The molecule has 6 nitrogen and oxygen atoms in total. The molecule has 0 radical (unpaired) electrons. The first kappa shape index (κ1) is 12.6. The van der Waals surface area contributed by atoms with Gasteiger partial charge in [0, 0.05) is 6.54 Å². The summed E-state index contributed by atoms with van der Waals surface area (Å²) in [5, 5.41) is 6.31. The van der Waals surface area contributed by atoms with E-state index < -0.39 is 0 Å². The van der Waals surface area contributed by atoms with E-state index >= 15 is 0 Å². The average Bonchev–Trinajstić information content (AvgIpc) is 2.59. The molecule has 1 aromatic heterocycles. The number of carbonyl (C=O) groups is 1. The molecule has 0 fully saturated rings. The Kier molecular flexibility index (Phi) is 4.84. The SMILES string of the molecule is CCNC(=O)CNc1snc(N)c1OCC. The fourth-order valence-corrected chi connectivity index (χ4v) is 1.77. The fourth-order valence-electron chi connectivity index (χ4n) is 1.11. The molecule has 16 heavy (non-hydrogen) atoms. The minimum atomic E-state index is -0.0723. The second kappa shape index (κ2) is 6.16. The molecule has 0 aliphatic carbocycles. The van der Waals surface area contributed by atoms with Crippen LogP contribution in [-0.2, 0) is 4.79 Å². The normalized spacial score (nSPS) is 9.88. The number of rotatable bonds is 6.